The van der Waals surface area contributed by atoms with Crippen molar-refractivity contribution in [2.24, 2.45) is 5.92 Å². The van der Waals surface area contributed by atoms with Crippen LogP contribution < -0.4 is 0 Å². The van der Waals surface area contributed by atoms with Gasteiger partial charge in [0.05, 0.1) is 5.92 Å². The molecule has 0 aliphatic heterocycles. The first-order chi connectivity index (χ1) is 5.70. The molecule has 2 aliphatic carbocycles. The Hall–Kier alpha value is -0.570. The average Bonchev–Trinajstić information content (AvgIpc) is 2.59. The van der Waals surface area contributed by atoms with Crippen LogP contribution in [-0.4, -0.2) is 35.1 Å². The van der Waals surface area contributed by atoms with E-state index in [4.69, 9.17) is 5.11 Å². The van der Waals surface area contributed by atoms with Gasteiger partial charge in [-0.1, -0.05) is 6.42 Å². The summed E-state index contributed by atoms with van der Waals surface area (Å²) in [6, 6.07) is 1.02. The van der Waals surface area contributed by atoms with Crippen molar-refractivity contribution < 1.29 is 9.90 Å². The summed E-state index contributed by atoms with van der Waals surface area (Å²) in [5.41, 5.74) is 0. The van der Waals surface area contributed by atoms with Crippen LogP contribution in [0.1, 0.15) is 25.7 Å². The van der Waals surface area contributed by atoms with Gasteiger partial charge >= 0.3 is 5.97 Å². The first kappa shape index (κ1) is 8.05. The second kappa shape index (κ2) is 2.73. The van der Waals surface area contributed by atoms with Gasteiger partial charge in [-0.15, -0.1) is 0 Å². The molecule has 0 aromatic rings. The van der Waals surface area contributed by atoms with Gasteiger partial charge in [-0.25, -0.2) is 0 Å². The van der Waals surface area contributed by atoms with Gasteiger partial charge in [-0.2, -0.15) is 0 Å². The van der Waals surface area contributed by atoms with Crippen LogP contribution in [0, 0.1) is 5.92 Å². The Morgan fingerprint density at radius 1 is 1.50 bits per heavy atom. The maximum Gasteiger partial charge on any atom is 0.308 e. The van der Waals surface area contributed by atoms with E-state index in [1.165, 1.54) is 19.3 Å². The summed E-state index contributed by atoms with van der Waals surface area (Å²) in [5, 5.41) is 8.72. The lowest BCUT2D eigenvalue weighted by atomic mass is 9.92. The molecule has 0 saturated heterocycles. The zero-order chi connectivity index (χ0) is 8.72. The number of aliphatic carboxylic acids is 1. The predicted molar refractivity (Wildman–Crippen MR) is 44.9 cm³/mol. The summed E-state index contributed by atoms with van der Waals surface area (Å²) in [5.74, 6) is -0.693. The molecule has 3 heteroatoms. The second-order valence-corrected chi connectivity index (χ2v) is 4.00. The summed E-state index contributed by atoms with van der Waals surface area (Å²) in [6.07, 6.45) is 4.71. The molecule has 0 aromatic heterocycles. The van der Waals surface area contributed by atoms with Gasteiger partial charge in [0.2, 0.25) is 0 Å². The van der Waals surface area contributed by atoms with E-state index in [9.17, 15) is 4.79 Å². The maximum absolute atomic E-state index is 10.6. The third-order valence-electron chi connectivity index (χ3n) is 3.25. The smallest absolute Gasteiger partial charge is 0.308 e. The Kier molecular flexibility index (Phi) is 1.83. The molecular weight excluding hydrogens is 154 g/mol. The second-order valence-electron chi connectivity index (χ2n) is 4.00. The van der Waals surface area contributed by atoms with E-state index < -0.39 is 5.97 Å². The molecule has 2 saturated carbocycles. The van der Waals surface area contributed by atoms with Crippen LogP contribution in [-0.2, 0) is 4.79 Å². The Bertz CT molecular complexity index is 201. The minimum Gasteiger partial charge on any atom is -0.481 e. The van der Waals surface area contributed by atoms with Crippen molar-refractivity contribution in [3.63, 3.8) is 0 Å². The number of carbonyl (C=O) groups is 1. The number of nitrogens with zero attached hydrogens (tertiary/aromatic N) is 1. The molecule has 0 heterocycles. The first-order valence-corrected chi connectivity index (χ1v) is 4.65. The van der Waals surface area contributed by atoms with Gasteiger partial charge in [0.1, 0.15) is 0 Å². The Morgan fingerprint density at radius 3 is 2.50 bits per heavy atom. The molecule has 0 spiro atoms. The summed E-state index contributed by atoms with van der Waals surface area (Å²) >= 11 is 0. The average molecular weight is 169 g/mol. The number of rotatable bonds is 3. The number of hydrogen-bond donors (Lipinski definition) is 1. The predicted octanol–water partition coefficient (Wildman–Crippen LogP) is 0.944. The summed E-state index contributed by atoms with van der Waals surface area (Å²) in [4.78, 5) is 12.8. The molecule has 2 atom stereocenters. The molecule has 2 unspecified atom stereocenters. The zero-order valence-electron chi connectivity index (χ0n) is 7.36. The molecule has 1 N–H and O–H groups in total. The molecule has 2 fully saturated rings. The van der Waals surface area contributed by atoms with Gasteiger partial charge in [0.15, 0.2) is 0 Å². The van der Waals surface area contributed by atoms with Crippen molar-refractivity contribution in [3.8, 4) is 0 Å². The topological polar surface area (TPSA) is 40.5 Å². The minimum absolute atomic E-state index is 0.0735. The highest BCUT2D eigenvalue weighted by Gasteiger charge is 2.48. The van der Waals surface area contributed by atoms with E-state index in [2.05, 4.69) is 11.9 Å². The van der Waals surface area contributed by atoms with Crippen molar-refractivity contribution in [3.05, 3.63) is 0 Å². The Labute approximate surface area is 72.4 Å². The zero-order valence-corrected chi connectivity index (χ0v) is 7.36. The van der Waals surface area contributed by atoms with Crippen molar-refractivity contribution in [1.82, 2.24) is 4.90 Å². The van der Waals surface area contributed by atoms with Crippen LogP contribution in [0.4, 0.5) is 0 Å². The van der Waals surface area contributed by atoms with Crippen molar-refractivity contribution in [2.75, 3.05) is 7.05 Å². The van der Waals surface area contributed by atoms with Crippen molar-refractivity contribution in [1.29, 1.82) is 0 Å². The highest BCUT2D eigenvalue weighted by molar-refractivity contribution is 5.74. The molecule has 68 valence electrons. The number of carboxylic acid groups (broad SMARTS) is 1. The largest absolute Gasteiger partial charge is 0.481 e. The molecule has 3 nitrogen and oxygen atoms in total. The SMILES string of the molecule is CN(C1CCC1)C1CC1C(=O)O. The third kappa shape index (κ3) is 1.22. The number of hydrogen-bond acceptors (Lipinski definition) is 2. The monoisotopic (exact) mass is 169 g/mol. The Morgan fingerprint density at radius 2 is 2.17 bits per heavy atom. The fourth-order valence-electron chi connectivity index (χ4n) is 1.96. The third-order valence-corrected chi connectivity index (χ3v) is 3.25. The molecular formula is C9H15NO2. The van der Waals surface area contributed by atoms with E-state index >= 15 is 0 Å². The highest BCUT2D eigenvalue weighted by Crippen LogP contribution is 2.39. The van der Waals surface area contributed by atoms with Gasteiger partial charge in [-0.3, -0.25) is 9.69 Å². The fourth-order valence-corrected chi connectivity index (χ4v) is 1.96. The molecule has 2 aliphatic rings. The standard InChI is InChI=1S/C9H15NO2/c1-10(6-3-2-4-6)8-5-7(8)9(11)12/h6-8H,2-5H2,1H3,(H,11,12). The van der Waals surface area contributed by atoms with Crippen LogP contribution in [0.15, 0.2) is 0 Å². The molecule has 12 heavy (non-hydrogen) atoms. The fraction of sp³-hybridized carbons (Fsp3) is 0.889. The lowest BCUT2D eigenvalue weighted by molar-refractivity contribution is -0.139. The van der Waals surface area contributed by atoms with Crippen LogP contribution in [0.25, 0.3) is 0 Å². The van der Waals surface area contributed by atoms with Gasteiger partial charge < -0.3 is 5.11 Å². The van der Waals surface area contributed by atoms with Crippen molar-refractivity contribution in [2.45, 2.75) is 37.8 Å². The van der Waals surface area contributed by atoms with Crippen LogP contribution in [0.2, 0.25) is 0 Å². The van der Waals surface area contributed by atoms with Crippen LogP contribution in [0.5, 0.6) is 0 Å². The van der Waals surface area contributed by atoms with E-state index in [0.717, 1.165) is 6.42 Å². The minimum atomic E-state index is -0.619. The van der Waals surface area contributed by atoms with E-state index in [-0.39, 0.29) is 5.92 Å². The van der Waals surface area contributed by atoms with Gasteiger partial charge in [0, 0.05) is 12.1 Å². The summed E-state index contributed by atoms with van der Waals surface area (Å²) in [6.45, 7) is 0. The van der Waals surface area contributed by atoms with E-state index in [1.807, 2.05) is 0 Å². The van der Waals surface area contributed by atoms with E-state index in [1.54, 1.807) is 0 Å². The molecule has 0 radical (unpaired) electrons. The van der Waals surface area contributed by atoms with E-state index in [0.29, 0.717) is 12.1 Å². The summed E-state index contributed by atoms with van der Waals surface area (Å²) in [7, 11) is 2.07. The summed E-state index contributed by atoms with van der Waals surface area (Å²) < 4.78 is 0. The lowest BCUT2D eigenvalue weighted by Crippen LogP contribution is -2.39. The van der Waals surface area contributed by atoms with Crippen LogP contribution >= 0.6 is 0 Å². The maximum atomic E-state index is 10.6. The normalized spacial score (nSPS) is 34.8. The lowest BCUT2D eigenvalue weighted by Gasteiger charge is -2.35. The van der Waals surface area contributed by atoms with Gasteiger partial charge in [0.25, 0.3) is 0 Å². The molecule has 0 bridgehead atoms. The molecule has 0 aromatic carbocycles. The highest BCUT2D eigenvalue weighted by atomic mass is 16.4. The first-order valence-electron chi connectivity index (χ1n) is 4.65. The van der Waals surface area contributed by atoms with Gasteiger partial charge in [-0.05, 0) is 26.3 Å². The number of carboxylic acids is 1. The van der Waals surface area contributed by atoms with Crippen molar-refractivity contribution >= 4 is 5.97 Å². The molecule has 2 rings (SSSR count). The molecule has 0 amide bonds. The Balaban J connectivity index is 1.83. The quantitative estimate of drug-likeness (QED) is 0.683. The van der Waals surface area contributed by atoms with Crippen LogP contribution in [0.3, 0.4) is 0 Å².